The second kappa shape index (κ2) is 9.04. The molecule has 32 heavy (non-hydrogen) atoms. The van der Waals surface area contributed by atoms with Crippen molar-refractivity contribution in [3.05, 3.63) is 64.8 Å². The van der Waals surface area contributed by atoms with Crippen LogP contribution in [0.15, 0.2) is 59.2 Å². The molecule has 2 atom stereocenters. The molecule has 2 aromatic carbocycles. The average Bonchev–Trinajstić information content (AvgIpc) is 3.25. The van der Waals surface area contributed by atoms with Crippen molar-refractivity contribution < 1.29 is 4.79 Å². The molecule has 1 aliphatic carbocycles. The van der Waals surface area contributed by atoms with Crippen molar-refractivity contribution in [2.75, 3.05) is 13.1 Å². The molecule has 1 saturated carbocycles. The van der Waals surface area contributed by atoms with Gasteiger partial charge in [0.2, 0.25) is 0 Å². The van der Waals surface area contributed by atoms with Crippen LogP contribution in [0.5, 0.6) is 0 Å². The van der Waals surface area contributed by atoms with Gasteiger partial charge in [-0.25, -0.2) is 4.98 Å². The van der Waals surface area contributed by atoms with Gasteiger partial charge in [-0.3, -0.25) is 4.79 Å². The molecule has 2 heterocycles. The minimum atomic E-state index is -0.0410. The van der Waals surface area contributed by atoms with Crippen molar-refractivity contribution in [1.82, 2.24) is 15.3 Å². The number of nitrogens with two attached hydrogens (primary N) is 1. The first-order valence-corrected chi connectivity index (χ1v) is 12.1. The molecule has 0 aliphatic heterocycles. The van der Waals surface area contributed by atoms with Gasteiger partial charge in [-0.15, -0.1) is 0 Å². The van der Waals surface area contributed by atoms with E-state index in [9.17, 15) is 4.79 Å². The minimum absolute atomic E-state index is 0.0410. The fraction of sp³-hybridized carbons (Fsp3) is 0.308. The number of fused-ring (bicyclic) bond motifs is 2. The summed E-state index contributed by atoms with van der Waals surface area (Å²) in [6.45, 7) is 1.44. The Morgan fingerprint density at radius 3 is 2.84 bits per heavy atom. The smallest absolute Gasteiger partial charge is 0.252 e. The van der Waals surface area contributed by atoms with Crippen LogP contribution >= 0.6 is 15.9 Å². The van der Waals surface area contributed by atoms with Crippen molar-refractivity contribution in [2.45, 2.75) is 25.7 Å². The van der Waals surface area contributed by atoms with E-state index in [-0.39, 0.29) is 5.91 Å². The van der Waals surface area contributed by atoms with Gasteiger partial charge in [0.1, 0.15) is 0 Å². The van der Waals surface area contributed by atoms with E-state index in [1.807, 2.05) is 48.7 Å². The molecule has 4 aromatic rings. The van der Waals surface area contributed by atoms with E-state index in [1.54, 1.807) is 0 Å². The Morgan fingerprint density at radius 2 is 1.97 bits per heavy atom. The summed E-state index contributed by atoms with van der Waals surface area (Å²) in [6.07, 6.45) is 6.62. The van der Waals surface area contributed by atoms with Crippen LogP contribution in [0.1, 0.15) is 36.0 Å². The van der Waals surface area contributed by atoms with Crippen LogP contribution < -0.4 is 11.1 Å². The van der Waals surface area contributed by atoms with Gasteiger partial charge >= 0.3 is 0 Å². The van der Waals surface area contributed by atoms with Gasteiger partial charge in [0, 0.05) is 39.1 Å². The number of nitrogens with one attached hydrogen (secondary N) is 2. The molecule has 1 amide bonds. The van der Waals surface area contributed by atoms with E-state index >= 15 is 0 Å². The summed E-state index contributed by atoms with van der Waals surface area (Å²) in [5.74, 6) is 1.04. The predicted octanol–water partition coefficient (Wildman–Crippen LogP) is 5.64. The number of H-pyrrole nitrogens is 1. The summed E-state index contributed by atoms with van der Waals surface area (Å²) in [4.78, 5) is 21.5. The topological polar surface area (TPSA) is 83.8 Å². The molecule has 1 aliphatic rings. The number of benzene rings is 2. The predicted molar refractivity (Wildman–Crippen MR) is 134 cm³/mol. The maximum atomic E-state index is 13.3. The van der Waals surface area contributed by atoms with Gasteiger partial charge in [-0.1, -0.05) is 40.5 Å². The lowest BCUT2D eigenvalue weighted by Gasteiger charge is -2.28. The molecular formula is C26H27BrN4O. The maximum Gasteiger partial charge on any atom is 0.252 e. The number of carbonyl (C=O) groups excluding carboxylic acids is 1. The number of nitrogens with zero attached hydrogens (tertiary/aromatic N) is 1. The summed E-state index contributed by atoms with van der Waals surface area (Å²) in [5, 5.41) is 5.15. The molecule has 0 radical (unpaired) electrons. The lowest BCUT2D eigenvalue weighted by atomic mass is 9.81. The largest absolute Gasteiger partial charge is 0.360 e. The lowest BCUT2D eigenvalue weighted by Crippen LogP contribution is -2.33. The Morgan fingerprint density at radius 1 is 1.12 bits per heavy atom. The molecule has 4 N–H and O–H groups in total. The Labute approximate surface area is 195 Å². The maximum absolute atomic E-state index is 13.3. The zero-order valence-electron chi connectivity index (χ0n) is 17.9. The molecule has 2 aromatic heterocycles. The lowest BCUT2D eigenvalue weighted by molar-refractivity contribution is 0.0942. The van der Waals surface area contributed by atoms with Crippen LogP contribution in [-0.2, 0) is 0 Å². The van der Waals surface area contributed by atoms with E-state index in [4.69, 9.17) is 10.7 Å². The van der Waals surface area contributed by atoms with E-state index in [2.05, 4.69) is 32.3 Å². The number of amides is 1. The van der Waals surface area contributed by atoms with E-state index in [0.29, 0.717) is 23.9 Å². The third-order valence-electron chi connectivity index (χ3n) is 6.66. The number of halogens is 1. The SMILES string of the molecule is NCC1CCCC(CNC(=O)c2cc(-c3c[nH]c4ccc(Br)cc34)nc3ccccc23)C1. The zero-order chi connectivity index (χ0) is 22.1. The third-order valence-corrected chi connectivity index (χ3v) is 7.15. The molecule has 1 fully saturated rings. The van der Waals surface area contributed by atoms with Gasteiger partial charge in [-0.2, -0.15) is 0 Å². The van der Waals surface area contributed by atoms with Gasteiger partial charge in [0.25, 0.3) is 5.91 Å². The van der Waals surface area contributed by atoms with E-state index in [0.717, 1.165) is 56.9 Å². The molecule has 6 heteroatoms. The third kappa shape index (κ3) is 4.17. The number of rotatable bonds is 5. The standard InChI is InChI=1S/C26H27BrN4O/c27-18-8-9-23-20(11-18)22(15-29-23)25-12-21(19-6-1-2-7-24(19)31-25)26(32)30-14-17-5-3-4-16(10-17)13-28/h1-2,6-9,11-12,15-17,29H,3-5,10,13-14,28H2,(H,30,32). The van der Waals surface area contributed by atoms with E-state index in [1.165, 1.54) is 12.8 Å². The highest BCUT2D eigenvalue weighted by molar-refractivity contribution is 9.10. The highest BCUT2D eigenvalue weighted by Gasteiger charge is 2.22. The quantitative estimate of drug-likeness (QED) is 0.338. The highest BCUT2D eigenvalue weighted by Crippen LogP contribution is 2.32. The number of carbonyl (C=O) groups is 1. The summed E-state index contributed by atoms with van der Waals surface area (Å²) < 4.78 is 1.01. The number of para-hydroxylation sites is 1. The van der Waals surface area contributed by atoms with Crippen molar-refractivity contribution in [3.8, 4) is 11.3 Å². The van der Waals surface area contributed by atoms with Crippen LogP contribution in [0, 0.1) is 11.8 Å². The van der Waals surface area contributed by atoms with Crippen LogP contribution in [-0.4, -0.2) is 29.0 Å². The Hall–Kier alpha value is -2.70. The summed E-state index contributed by atoms with van der Waals surface area (Å²) >= 11 is 3.56. The first kappa shape index (κ1) is 21.2. The van der Waals surface area contributed by atoms with Crippen LogP contribution in [0.2, 0.25) is 0 Å². The fourth-order valence-electron chi connectivity index (χ4n) is 4.94. The fourth-order valence-corrected chi connectivity index (χ4v) is 5.30. The average molecular weight is 491 g/mol. The van der Waals surface area contributed by atoms with Gasteiger partial charge in [0.15, 0.2) is 0 Å². The number of hydrogen-bond donors (Lipinski definition) is 3. The van der Waals surface area contributed by atoms with E-state index < -0.39 is 0 Å². The van der Waals surface area contributed by atoms with Crippen LogP contribution in [0.25, 0.3) is 33.1 Å². The number of hydrogen-bond acceptors (Lipinski definition) is 3. The molecule has 5 nitrogen and oxygen atoms in total. The Kier molecular flexibility index (Phi) is 5.98. The summed E-state index contributed by atoms with van der Waals surface area (Å²) in [6, 6.07) is 15.9. The highest BCUT2D eigenvalue weighted by atomic mass is 79.9. The second-order valence-electron chi connectivity index (χ2n) is 8.81. The molecule has 0 spiro atoms. The number of aromatic nitrogens is 2. The number of aromatic amines is 1. The van der Waals surface area contributed by atoms with Crippen LogP contribution in [0.4, 0.5) is 0 Å². The number of pyridine rings is 1. The zero-order valence-corrected chi connectivity index (χ0v) is 19.5. The van der Waals surface area contributed by atoms with Gasteiger partial charge < -0.3 is 16.0 Å². The molecule has 0 bridgehead atoms. The minimum Gasteiger partial charge on any atom is -0.360 e. The molecule has 5 rings (SSSR count). The van der Waals surface area contributed by atoms with Crippen molar-refractivity contribution in [2.24, 2.45) is 17.6 Å². The van der Waals surface area contributed by atoms with Gasteiger partial charge in [0.05, 0.1) is 16.8 Å². The monoisotopic (exact) mass is 490 g/mol. The van der Waals surface area contributed by atoms with Crippen molar-refractivity contribution >= 4 is 43.6 Å². The molecule has 0 saturated heterocycles. The Bertz CT molecular complexity index is 1280. The van der Waals surface area contributed by atoms with Gasteiger partial charge in [-0.05, 0) is 68.0 Å². The second-order valence-corrected chi connectivity index (χ2v) is 9.72. The first-order chi connectivity index (χ1) is 15.6. The summed E-state index contributed by atoms with van der Waals surface area (Å²) in [5.41, 5.74) is 10.2. The Balaban J connectivity index is 1.48. The molecule has 164 valence electrons. The summed E-state index contributed by atoms with van der Waals surface area (Å²) in [7, 11) is 0. The van der Waals surface area contributed by atoms with Crippen LogP contribution in [0.3, 0.4) is 0 Å². The normalized spacial score (nSPS) is 18.8. The first-order valence-electron chi connectivity index (χ1n) is 11.3. The molecular weight excluding hydrogens is 464 g/mol. The van der Waals surface area contributed by atoms with Crippen molar-refractivity contribution in [3.63, 3.8) is 0 Å². The molecule has 2 unspecified atom stereocenters. The van der Waals surface area contributed by atoms with Crippen molar-refractivity contribution in [1.29, 1.82) is 0 Å².